The van der Waals surface area contributed by atoms with Gasteiger partial charge in [-0.05, 0) is 31.5 Å². The van der Waals surface area contributed by atoms with Gasteiger partial charge in [-0.15, -0.1) is 0 Å². The average molecular weight is 396 g/mol. The number of amides is 2. The molecule has 1 heterocycles. The topological polar surface area (TPSA) is 70.7 Å². The van der Waals surface area contributed by atoms with E-state index in [4.69, 9.17) is 4.74 Å². The van der Waals surface area contributed by atoms with Crippen LogP contribution in [-0.4, -0.2) is 55.1 Å². The number of aryl methyl sites for hydroxylation is 1. The van der Waals surface area contributed by atoms with Crippen molar-refractivity contribution in [2.45, 2.75) is 32.5 Å². The molecule has 2 N–H and O–H groups in total. The zero-order valence-corrected chi connectivity index (χ0v) is 17.1. The number of carbonyl (C=O) groups excluding carboxylic acids is 2. The summed E-state index contributed by atoms with van der Waals surface area (Å²) in [6.45, 7) is 7.20. The van der Waals surface area contributed by atoms with Gasteiger partial charge in [-0.1, -0.05) is 48.0 Å². The monoisotopic (exact) mass is 395 g/mol. The Kier molecular flexibility index (Phi) is 7.38. The summed E-state index contributed by atoms with van der Waals surface area (Å²) in [5.41, 5.74) is 2.82. The van der Waals surface area contributed by atoms with Crippen LogP contribution in [0.25, 0.3) is 0 Å². The van der Waals surface area contributed by atoms with Crippen molar-refractivity contribution in [1.82, 2.24) is 15.5 Å². The van der Waals surface area contributed by atoms with Crippen molar-refractivity contribution < 1.29 is 14.3 Å². The normalized spacial score (nSPS) is 18.1. The van der Waals surface area contributed by atoms with Crippen LogP contribution < -0.4 is 10.6 Å². The predicted octanol–water partition coefficient (Wildman–Crippen LogP) is 2.13. The van der Waals surface area contributed by atoms with Crippen molar-refractivity contribution in [3.05, 3.63) is 71.3 Å². The van der Waals surface area contributed by atoms with Crippen LogP contribution in [0.4, 0.5) is 0 Å². The molecule has 2 aromatic rings. The summed E-state index contributed by atoms with van der Waals surface area (Å²) < 4.78 is 5.80. The number of ether oxygens (including phenoxy) is 1. The quantitative estimate of drug-likeness (QED) is 0.754. The molecule has 1 aliphatic rings. The second kappa shape index (κ2) is 10.2. The average Bonchev–Trinajstić information content (AvgIpc) is 2.73. The van der Waals surface area contributed by atoms with E-state index in [1.54, 1.807) is 19.1 Å². The Bertz CT molecular complexity index is 825. The minimum atomic E-state index is -0.618. The summed E-state index contributed by atoms with van der Waals surface area (Å²) in [5, 5.41) is 5.65. The fourth-order valence-corrected chi connectivity index (χ4v) is 3.39. The molecule has 29 heavy (non-hydrogen) atoms. The molecule has 0 spiro atoms. The van der Waals surface area contributed by atoms with Crippen LogP contribution in [0.5, 0.6) is 0 Å². The fourth-order valence-electron chi connectivity index (χ4n) is 3.39. The molecular weight excluding hydrogens is 366 g/mol. The molecule has 6 heteroatoms. The molecule has 0 saturated carbocycles. The SMILES string of the molecule is Cc1cccc(C(=O)NC(C)C(=O)NCC2CN(Cc3ccccc3)CCO2)c1. The van der Waals surface area contributed by atoms with Crippen LogP contribution in [0.15, 0.2) is 54.6 Å². The van der Waals surface area contributed by atoms with Crippen LogP contribution in [0.2, 0.25) is 0 Å². The van der Waals surface area contributed by atoms with Crippen molar-refractivity contribution in [1.29, 1.82) is 0 Å². The van der Waals surface area contributed by atoms with Gasteiger partial charge in [0.15, 0.2) is 0 Å². The van der Waals surface area contributed by atoms with Gasteiger partial charge in [-0.3, -0.25) is 14.5 Å². The Morgan fingerprint density at radius 1 is 1.17 bits per heavy atom. The molecule has 3 rings (SSSR count). The Morgan fingerprint density at radius 2 is 1.97 bits per heavy atom. The predicted molar refractivity (Wildman–Crippen MR) is 113 cm³/mol. The molecule has 1 saturated heterocycles. The van der Waals surface area contributed by atoms with Gasteiger partial charge in [0.05, 0.1) is 12.7 Å². The summed E-state index contributed by atoms with van der Waals surface area (Å²) >= 11 is 0. The van der Waals surface area contributed by atoms with Crippen molar-refractivity contribution in [3.63, 3.8) is 0 Å². The molecule has 0 radical (unpaired) electrons. The summed E-state index contributed by atoms with van der Waals surface area (Å²) in [7, 11) is 0. The number of nitrogens with one attached hydrogen (secondary N) is 2. The van der Waals surface area contributed by atoms with Gasteiger partial charge in [0.2, 0.25) is 5.91 Å². The van der Waals surface area contributed by atoms with E-state index in [9.17, 15) is 9.59 Å². The third-order valence-corrected chi connectivity index (χ3v) is 5.00. The van der Waals surface area contributed by atoms with Crippen molar-refractivity contribution in [2.24, 2.45) is 0 Å². The van der Waals surface area contributed by atoms with Gasteiger partial charge < -0.3 is 15.4 Å². The van der Waals surface area contributed by atoms with Gasteiger partial charge in [0.1, 0.15) is 6.04 Å². The molecule has 2 aromatic carbocycles. The largest absolute Gasteiger partial charge is 0.374 e. The number of benzene rings is 2. The van der Waals surface area contributed by atoms with Gasteiger partial charge in [0.25, 0.3) is 5.91 Å². The Hall–Kier alpha value is -2.70. The molecule has 0 aliphatic carbocycles. The van der Waals surface area contributed by atoms with Crippen LogP contribution in [-0.2, 0) is 16.1 Å². The minimum Gasteiger partial charge on any atom is -0.374 e. The Balaban J connectivity index is 1.43. The Labute approximate surface area is 172 Å². The van der Waals surface area contributed by atoms with Gasteiger partial charge in [-0.2, -0.15) is 0 Å². The first kappa shape index (κ1) is 21.0. The highest BCUT2D eigenvalue weighted by Gasteiger charge is 2.23. The maximum atomic E-state index is 12.4. The lowest BCUT2D eigenvalue weighted by molar-refractivity contribution is -0.123. The van der Waals surface area contributed by atoms with Crippen LogP contribution in [0, 0.1) is 6.92 Å². The lowest BCUT2D eigenvalue weighted by atomic mass is 10.1. The van der Waals surface area contributed by atoms with E-state index in [1.807, 2.05) is 37.3 Å². The van der Waals surface area contributed by atoms with Crippen LogP contribution in [0.1, 0.15) is 28.4 Å². The molecule has 6 nitrogen and oxygen atoms in total. The molecular formula is C23H29N3O3. The molecule has 2 unspecified atom stereocenters. The lowest BCUT2D eigenvalue weighted by Crippen LogP contribution is -2.50. The molecule has 2 atom stereocenters. The number of carbonyl (C=O) groups is 2. The highest BCUT2D eigenvalue weighted by Crippen LogP contribution is 2.10. The first-order chi connectivity index (χ1) is 14.0. The zero-order chi connectivity index (χ0) is 20.6. The van der Waals surface area contributed by atoms with Gasteiger partial charge in [-0.25, -0.2) is 0 Å². The van der Waals surface area contributed by atoms with Crippen molar-refractivity contribution in [2.75, 3.05) is 26.2 Å². The second-order valence-electron chi connectivity index (χ2n) is 7.52. The minimum absolute atomic E-state index is 0.0592. The van der Waals surface area contributed by atoms with E-state index in [-0.39, 0.29) is 17.9 Å². The fraction of sp³-hybridized carbons (Fsp3) is 0.391. The van der Waals surface area contributed by atoms with E-state index in [0.717, 1.165) is 25.2 Å². The van der Waals surface area contributed by atoms with E-state index < -0.39 is 6.04 Å². The summed E-state index contributed by atoms with van der Waals surface area (Å²) in [5.74, 6) is -0.464. The van der Waals surface area contributed by atoms with Crippen LogP contribution in [0.3, 0.4) is 0 Å². The highest BCUT2D eigenvalue weighted by molar-refractivity contribution is 5.97. The van der Waals surface area contributed by atoms with E-state index in [0.29, 0.717) is 18.7 Å². The van der Waals surface area contributed by atoms with Gasteiger partial charge in [0, 0.05) is 31.7 Å². The standard InChI is InChI=1S/C23H29N3O3/c1-17-7-6-10-20(13-17)23(28)25-18(2)22(27)24-14-21-16-26(11-12-29-21)15-19-8-4-3-5-9-19/h3-10,13,18,21H,11-12,14-16H2,1-2H3,(H,24,27)(H,25,28). The summed E-state index contributed by atoms with van der Waals surface area (Å²) in [6.07, 6.45) is -0.0592. The van der Waals surface area contributed by atoms with Crippen molar-refractivity contribution in [3.8, 4) is 0 Å². The smallest absolute Gasteiger partial charge is 0.251 e. The molecule has 1 aliphatic heterocycles. The number of hydrogen-bond acceptors (Lipinski definition) is 4. The first-order valence-corrected chi connectivity index (χ1v) is 10.0. The van der Waals surface area contributed by atoms with Crippen LogP contribution >= 0.6 is 0 Å². The Morgan fingerprint density at radius 3 is 2.72 bits per heavy atom. The number of nitrogens with zero attached hydrogens (tertiary/aromatic N) is 1. The summed E-state index contributed by atoms with van der Waals surface area (Å²) in [6, 6.07) is 17.0. The summed E-state index contributed by atoms with van der Waals surface area (Å²) in [4.78, 5) is 27.0. The maximum absolute atomic E-state index is 12.4. The van der Waals surface area contributed by atoms with Crippen molar-refractivity contribution >= 4 is 11.8 Å². The number of hydrogen-bond donors (Lipinski definition) is 2. The lowest BCUT2D eigenvalue weighted by Gasteiger charge is -2.33. The van der Waals surface area contributed by atoms with E-state index >= 15 is 0 Å². The number of morpholine rings is 1. The number of rotatable bonds is 7. The third kappa shape index (κ3) is 6.41. The molecule has 0 aromatic heterocycles. The second-order valence-corrected chi connectivity index (χ2v) is 7.52. The molecule has 154 valence electrons. The van der Waals surface area contributed by atoms with E-state index in [1.165, 1.54) is 5.56 Å². The molecule has 2 amide bonds. The molecule has 0 bridgehead atoms. The third-order valence-electron chi connectivity index (χ3n) is 5.00. The van der Waals surface area contributed by atoms with E-state index in [2.05, 4.69) is 27.7 Å². The highest BCUT2D eigenvalue weighted by atomic mass is 16.5. The molecule has 1 fully saturated rings. The maximum Gasteiger partial charge on any atom is 0.251 e. The van der Waals surface area contributed by atoms with Gasteiger partial charge >= 0.3 is 0 Å². The first-order valence-electron chi connectivity index (χ1n) is 10.0. The zero-order valence-electron chi connectivity index (χ0n) is 17.1.